The van der Waals surface area contributed by atoms with Gasteiger partial charge in [-0.15, -0.1) is 0 Å². The number of nitrogens with zero attached hydrogens (tertiary/aromatic N) is 1. The van der Waals surface area contributed by atoms with Crippen LogP contribution in [0.5, 0.6) is 0 Å². The van der Waals surface area contributed by atoms with Crippen molar-refractivity contribution in [3.8, 4) is 0 Å². The lowest BCUT2D eigenvalue weighted by atomic mass is 9.51. The van der Waals surface area contributed by atoms with E-state index in [0.29, 0.717) is 17.9 Å². The predicted octanol–water partition coefficient (Wildman–Crippen LogP) is 1.88. The van der Waals surface area contributed by atoms with Gasteiger partial charge in [0.05, 0.1) is 0 Å². The molecule has 0 unspecified atom stereocenters. The number of carbonyl (C=O) groups excluding carboxylic acids is 1. The summed E-state index contributed by atoms with van der Waals surface area (Å²) in [5.74, 6) is 4.28. The minimum atomic E-state index is 0.387. The third-order valence-corrected chi connectivity index (χ3v) is 6.19. The van der Waals surface area contributed by atoms with Crippen molar-refractivity contribution in [1.82, 2.24) is 10.2 Å². The number of hydrogen-bond donors (Lipinski definition) is 1. The van der Waals surface area contributed by atoms with Gasteiger partial charge in [0.15, 0.2) is 0 Å². The molecule has 1 atom stereocenters. The summed E-state index contributed by atoms with van der Waals surface area (Å²) >= 11 is 0. The molecular formula is C16H26N2O. The smallest absolute Gasteiger partial charge is 0.226 e. The first kappa shape index (κ1) is 12.2. The number of hydrogen-bond acceptors (Lipinski definition) is 2. The zero-order valence-electron chi connectivity index (χ0n) is 12.0. The first-order valence-corrected chi connectivity index (χ1v) is 8.23. The van der Waals surface area contributed by atoms with Gasteiger partial charge >= 0.3 is 0 Å². The van der Waals surface area contributed by atoms with E-state index in [1.807, 2.05) is 0 Å². The summed E-state index contributed by atoms with van der Waals surface area (Å²) in [6.45, 7) is 5.00. The highest BCUT2D eigenvalue weighted by Crippen LogP contribution is 2.56. The molecule has 0 radical (unpaired) electrons. The summed E-state index contributed by atoms with van der Waals surface area (Å²) < 4.78 is 0. The van der Waals surface area contributed by atoms with E-state index in [1.54, 1.807) is 0 Å². The second-order valence-corrected chi connectivity index (χ2v) is 7.60. The van der Waals surface area contributed by atoms with Crippen LogP contribution < -0.4 is 5.32 Å². The van der Waals surface area contributed by atoms with E-state index >= 15 is 0 Å². The van der Waals surface area contributed by atoms with Crippen LogP contribution in [0.1, 0.15) is 39.0 Å². The summed E-state index contributed by atoms with van der Waals surface area (Å²) in [5.41, 5.74) is 0. The van der Waals surface area contributed by atoms with Gasteiger partial charge < -0.3 is 10.2 Å². The molecule has 0 spiro atoms. The molecule has 0 aromatic heterocycles. The van der Waals surface area contributed by atoms with Gasteiger partial charge in [-0.2, -0.15) is 0 Å². The standard InChI is InChI=1S/C16H26N2O/c1-10-9-18(3-2-17-10)16(19)15-13-5-11-4-12(7-13)8-14(15)6-11/h10-15,17H,2-9H2,1H3/t10-,11?,12?,13?,14?,15?/m0/s1. The topological polar surface area (TPSA) is 32.3 Å². The minimum Gasteiger partial charge on any atom is -0.340 e. The molecule has 0 aromatic rings. The molecule has 5 fully saturated rings. The van der Waals surface area contributed by atoms with Crippen molar-refractivity contribution >= 4 is 5.91 Å². The van der Waals surface area contributed by atoms with E-state index in [2.05, 4.69) is 17.1 Å². The number of rotatable bonds is 1. The van der Waals surface area contributed by atoms with Crippen LogP contribution in [0.2, 0.25) is 0 Å². The maximum Gasteiger partial charge on any atom is 0.226 e. The van der Waals surface area contributed by atoms with E-state index in [-0.39, 0.29) is 0 Å². The summed E-state index contributed by atoms with van der Waals surface area (Å²) in [7, 11) is 0. The van der Waals surface area contributed by atoms with Gasteiger partial charge in [0, 0.05) is 31.6 Å². The van der Waals surface area contributed by atoms with Crippen LogP contribution in [0, 0.1) is 29.6 Å². The molecule has 1 N–H and O–H groups in total. The third-order valence-electron chi connectivity index (χ3n) is 6.19. The highest BCUT2D eigenvalue weighted by Gasteiger charge is 2.51. The SMILES string of the molecule is C[C@H]1CN(C(=O)C2C3CC4CC(C3)CC2C4)CCN1. The molecular weight excluding hydrogens is 236 g/mol. The number of carbonyl (C=O) groups is 1. The molecule has 3 heteroatoms. The Morgan fingerprint density at radius 3 is 2.26 bits per heavy atom. The van der Waals surface area contributed by atoms with Crippen molar-refractivity contribution in [3.05, 3.63) is 0 Å². The zero-order valence-corrected chi connectivity index (χ0v) is 12.0. The molecule has 1 amide bonds. The number of nitrogens with one attached hydrogen (secondary N) is 1. The van der Waals surface area contributed by atoms with Gasteiger partial charge in [-0.3, -0.25) is 4.79 Å². The number of amides is 1. The van der Waals surface area contributed by atoms with Crippen LogP contribution in [0.3, 0.4) is 0 Å². The number of piperazine rings is 1. The molecule has 1 heterocycles. The Hall–Kier alpha value is -0.570. The second kappa shape index (κ2) is 4.47. The van der Waals surface area contributed by atoms with E-state index in [1.165, 1.54) is 32.1 Å². The summed E-state index contributed by atoms with van der Waals surface area (Å²) in [6, 6.07) is 0.467. The van der Waals surface area contributed by atoms with Gasteiger partial charge in [0.25, 0.3) is 0 Å². The average Bonchev–Trinajstić information content (AvgIpc) is 2.37. The molecule has 19 heavy (non-hydrogen) atoms. The van der Waals surface area contributed by atoms with Crippen molar-refractivity contribution in [2.24, 2.45) is 29.6 Å². The molecule has 4 aliphatic carbocycles. The van der Waals surface area contributed by atoms with Crippen LogP contribution in [-0.2, 0) is 4.79 Å². The fraction of sp³-hybridized carbons (Fsp3) is 0.938. The lowest BCUT2D eigenvalue weighted by Gasteiger charge is -2.54. The van der Waals surface area contributed by atoms with Gasteiger partial charge in [-0.25, -0.2) is 0 Å². The van der Waals surface area contributed by atoms with Gasteiger partial charge in [0.2, 0.25) is 5.91 Å². The Morgan fingerprint density at radius 1 is 1.05 bits per heavy atom. The fourth-order valence-electron chi connectivity index (χ4n) is 5.67. The van der Waals surface area contributed by atoms with Crippen molar-refractivity contribution in [1.29, 1.82) is 0 Å². The van der Waals surface area contributed by atoms with Crippen molar-refractivity contribution in [2.45, 2.75) is 45.1 Å². The summed E-state index contributed by atoms with van der Waals surface area (Å²) in [6.07, 6.45) is 6.88. The minimum absolute atomic E-state index is 0.387. The van der Waals surface area contributed by atoms with Crippen molar-refractivity contribution in [2.75, 3.05) is 19.6 Å². The largest absolute Gasteiger partial charge is 0.340 e. The van der Waals surface area contributed by atoms with Crippen LogP contribution in [0.15, 0.2) is 0 Å². The molecule has 0 aromatic carbocycles. The van der Waals surface area contributed by atoms with Gasteiger partial charge in [-0.1, -0.05) is 0 Å². The quantitative estimate of drug-likeness (QED) is 0.782. The first-order chi connectivity index (χ1) is 9.20. The first-order valence-electron chi connectivity index (χ1n) is 8.23. The molecule has 4 saturated carbocycles. The van der Waals surface area contributed by atoms with Crippen LogP contribution in [-0.4, -0.2) is 36.5 Å². The fourth-order valence-corrected chi connectivity index (χ4v) is 5.67. The van der Waals surface area contributed by atoms with Crippen molar-refractivity contribution < 1.29 is 4.79 Å². The zero-order chi connectivity index (χ0) is 13.0. The molecule has 106 valence electrons. The molecule has 1 saturated heterocycles. The van der Waals surface area contributed by atoms with Gasteiger partial charge in [0.1, 0.15) is 0 Å². The lowest BCUT2D eigenvalue weighted by Crippen LogP contribution is -2.57. The molecule has 1 aliphatic heterocycles. The molecule has 5 aliphatic rings. The predicted molar refractivity (Wildman–Crippen MR) is 74.6 cm³/mol. The Morgan fingerprint density at radius 2 is 1.68 bits per heavy atom. The van der Waals surface area contributed by atoms with Crippen LogP contribution >= 0.6 is 0 Å². The normalized spacial score (nSPS) is 48.6. The maximum atomic E-state index is 12.9. The second-order valence-electron chi connectivity index (χ2n) is 7.60. The molecule has 3 nitrogen and oxygen atoms in total. The monoisotopic (exact) mass is 262 g/mol. The Labute approximate surface area is 116 Å². The van der Waals surface area contributed by atoms with Crippen molar-refractivity contribution in [3.63, 3.8) is 0 Å². The summed E-state index contributed by atoms with van der Waals surface area (Å²) in [4.78, 5) is 15.1. The van der Waals surface area contributed by atoms with E-state index < -0.39 is 0 Å². The third kappa shape index (κ3) is 2.01. The Bertz CT molecular complexity index is 353. The Kier molecular flexibility index (Phi) is 2.87. The Balaban J connectivity index is 1.51. The average molecular weight is 262 g/mol. The summed E-state index contributed by atoms with van der Waals surface area (Å²) in [5, 5.41) is 3.44. The van der Waals surface area contributed by atoms with E-state index in [0.717, 1.165) is 43.3 Å². The molecule has 5 rings (SSSR count). The van der Waals surface area contributed by atoms with Crippen LogP contribution in [0.25, 0.3) is 0 Å². The maximum absolute atomic E-state index is 12.9. The van der Waals surface area contributed by atoms with E-state index in [4.69, 9.17) is 0 Å². The van der Waals surface area contributed by atoms with Gasteiger partial charge in [-0.05, 0) is 62.7 Å². The van der Waals surface area contributed by atoms with Crippen LogP contribution in [0.4, 0.5) is 0 Å². The molecule has 4 bridgehead atoms. The highest BCUT2D eigenvalue weighted by atomic mass is 16.2. The highest BCUT2D eigenvalue weighted by molar-refractivity contribution is 5.80. The lowest BCUT2D eigenvalue weighted by molar-refractivity contribution is -0.150. The van der Waals surface area contributed by atoms with E-state index in [9.17, 15) is 4.79 Å².